The number of anilines is 1. The zero-order chi connectivity index (χ0) is 17.4. The normalized spacial score (nSPS) is 16.9. The summed E-state index contributed by atoms with van der Waals surface area (Å²) in [4.78, 5) is 8.57. The fourth-order valence-corrected chi connectivity index (χ4v) is 4.00. The summed E-state index contributed by atoms with van der Waals surface area (Å²) in [5, 5.41) is 11.7. The number of aromatic nitrogens is 4. The number of thiophene rings is 1. The average Bonchev–Trinajstić information content (AvgIpc) is 3.26. The molecular weight excluding hydrogens is 337 g/mol. The smallest absolute Gasteiger partial charge is 0.223 e. The van der Waals surface area contributed by atoms with E-state index < -0.39 is 5.82 Å². The fraction of sp³-hybridized carbons (Fsp3) is 0.389. The van der Waals surface area contributed by atoms with Gasteiger partial charge in [-0.05, 0) is 50.1 Å². The van der Waals surface area contributed by atoms with Crippen LogP contribution in [-0.2, 0) is 6.42 Å². The topological polar surface area (TPSA) is 55.6 Å². The Labute approximate surface area is 149 Å². The van der Waals surface area contributed by atoms with Crippen molar-refractivity contribution in [1.29, 1.82) is 0 Å². The lowest BCUT2D eigenvalue weighted by molar-refractivity contribution is 0.468. The zero-order valence-corrected chi connectivity index (χ0v) is 15.1. The number of fused-ring (bicyclic) bond motifs is 1. The van der Waals surface area contributed by atoms with Gasteiger partial charge in [-0.2, -0.15) is 16.4 Å². The maximum absolute atomic E-state index is 14.1. The van der Waals surface area contributed by atoms with Crippen molar-refractivity contribution in [3.8, 4) is 11.3 Å². The Bertz CT molecular complexity index is 872. The Morgan fingerprint density at radius 2 is 2.24 bits per heavy atom. The van der Waals surface area contributed by atoms with Crippen molar-refractivity contribution in [2.45, 2.75) is 45.2 Å². The quantitative estimate of drug-likeness (QED) is 0.741. The molecular formula is C18H20FN5S. The highest BCUT2D eigenvalue weighted by Gasteiger charge is 2.26. The second kappa shape index (κ2) is 6.55. The summed E-state index contributed by atoms with van der Waals surface area (Å²) in [6.07, 6.45) is 6.33. The summed E-state index contributed by atoms with van der Waals surface area (Å²) in [6.45, 7) is 4.25. The predicted molar refractivity (Wildman–Crippen MR) is 97.2 cm³/mol. The molecule has 1 aliphatic carbocycles. The van der Waals surface area contributed by atoms with Crippen LogP contribution in [-0.4, -0.2) is 19.7 Å². The first kappa shape index (κ1) is 16.2. The van der Waals surface area contributed by atoms with E-state index in [1.54, 1.807) is 0 Å². The highest BCUT2D eigenvalue weighted by molar-refractivity contribution is 7.08. The number of aryl methyl sites for hydroxylation is 1. The molecule has 7 heteroatoms. The number of hydrogen-bond donors (Lipinski definition) is 1. The Morgan fingerprint density at radius 3 is 3.00 bits per heavy atom. The van der Waals surface area contributed by atoms with E-state index in [0.717, 1.165) is 24.8 Å². The third-order valence-electron chi connectivity index (χ3n) is 4.51. The molecule has 130 valence electrons. The first-order valence-electron chi connectivity index (χ1n) is 8.51. The van der Waals surface area contributed by atoms with Gasteiger partial charge in [-0.3, -0.25) is 4.68 Å². The van der Waals surface area contributed by atoms with E-state index in [4.69, 9.17) is 0 Å². The third-order valence-corrected chi connectivity index (χ3v) is 5.20. The Morgan fingerprint density at radius 1 is 1.36 bits per heavy atom. The zero-order valence-electron chi connectivity index (χ0n) is 14.2. The molecule has 25 heavy (non-hydrogen) atoms. The predicted octanol–water partition coefficient (Wildman–Crippen LogP) is 4.61. The molecule has 0 amide bonds. The molecule has 5 nitrogen and oxygen atoms in total. The molecule has 4 rings (SSSR count). The van der Waals surface area contributed by atoms with Crippen molar-refractivity contribution < 1.29 is 4.39 Å². The number of rotatable bonds is 4. The molecule has 1 unspecified atom stereocenters. The standard InChI is InChI=1S/C18H20FN5S/c1-11(2)24-17-12(8-21-24)4-3-5-15(17)22-18-20-9-14(19)16(23-18)13-6-7-25-10-13/h6-11,15H,3-5H2,1-2H3,(H,20,22,23). The number of hydrogen-bond acceptors (Lipinski definition) is 5. The molecule has 1 N–H and O–H groups in total. The van der Waals surface area contributed by atoms with Gasteiger partial charge in [0.2, 0.25) is 5.95 Å². The summed E-state index contributed by atoms with van der Waals surface area (Å²) in [5.41, 5.74) is 3.60. The third kappa shape index (κ3) is 3.04. The minimum Gasteiger partial charge on any atom is -0.346 e. The molecule has 0 bridgehead atoms. The largest absolute Gasteiger partial charge is 0.346 e. The molecule has 0 aliphatic heterocycles. The molecule has 3 aromatic rings. The first-order chi connectivity index (χ1) is 12.1. The van der Waals surface area contributed by atoms with Crippen LogP contribution in [0.15, 0.2) is 29.2 Å². The molecule has 3 aromatic heterocycles. The van der Waals surface area contributed by atoms with Crippen LogP contribution < -0.4 is 5.32 Å². The molecule has 0 radical (unpaired) electrons. The van der Waals surface area contributed by atoms with Gasteiger partial charge in [0.05, 0.1) is 24.1 Å². The van der Waals surface area contributed by atoms with Gasteiger partial charge < -0.3 is 5.32 Å². The molecule has 0 saturated carbocycles. The van der Waals surface area contributed by atoms with E-state index in [0.29, 0.717) is 17.7 Å². The van der Waals surface area contributed by atoms with E-state index in [-0.39, 0.29) is 6.04 Å². The monoisotopic (exact) mass is 357 g/mol. The lowest BCUT2D eigenvalue weighted by Crippen LogP contribution is -2.23. The SMILES string of the molecule is CC(C)n1ncc2c1C(Nc1ncc(F)c(-c3ccsc3)n1)CCC2. The van der Waals surface area contributed by atoms with E-state index in [2.05, 4.69) is 38.9 Å². The lowest BCUT2D eigenvalue weighted by atomic mass is 9.93. The number of nitrogens with one attached hydrogen (secondary N) is 1. The fourth-order valence-electron chi connectivity index (χ4n) is 3.36. The number of nitrogens with zero attached hydrogens (tertiary/aromatic N) is 4. The number of halogens is 1. The molecule has 1 aliphatic rings. The van der Waals surface area contributed by atoms with Crippen LogP contribution >= 0.6 is 11.3 Å². The van der Waals surface area contributed by atoms with Crippen LogP contribution in [0.25, 0.3) is 11.3 Å². The molecule has 3 heterocycles. The van der Waals surface area contributed by atoms with Crippen LogP contribution in [0.5, 0.6) is 0 Å². The minimum atomic E-state index is -0.402. The summed E-state index contributed by atoms with van der Waals surface area (Å²) in [5.74, 6) is 0.0532. The van der Waals surface area contributed by atoms with Gasteiger partial charge in [0.15, 0.2) is 5.82 Å². The lowest BCUT2D eigenvalue weighted by Gasteiger charge is -2.26. The van der Waals surface area contributed by atoms with Crippen molar-refractivity contribution in [3.05, 3.63) is 46.3 Å². The minimum absolute atomic E-state index is 0.0921. The van der Waals surface area contributed by atoms with Crippen molar-refractivity contribution in [2.75, 3.05) is 5.32 Å². The van der Waals surface area contributed by atoms with Crippen LogP contribution in [0.2, 0.25) is 0 Å². The van der Waals surface area contributed by atoms with Crippen LogP contribution in [0.4, 0.5) is 10.3 Å². The van der Waals surface area contributed by atoms with Crippen molar-refractivity contribution in [3.63, 3.8) is 0 Å². The Hall–Kier alpha value is -2.28. The van der Waals surface area contributed by atoms with Crippen molar-refractivity contribution in [1.82, 2.24) is 19.7 Å². The molecule has 0 spiro atoms. The van der Waals surface area contributed by atoms with E-state index in [1.807, 2.05) is 23.0 Å². The van der Waals surface area contributed by atoms with E-state index in [1.165, 1.54) is 28.8 Å². The van der Waals surface area contributed by atoms with Crippen LogP contribution in [0.1, 0.15) is 50.0 Å². The van der Waals surface area contributed by atoms with Gasteiger partial charge in [0.1, 0.15) is 5.69 Å². The first-order valence-corrected chi connectivity index (χ1v) is 9.45. The second-order valence-corrected chi connectivity index (χ2v) is 7.36. The van der Waals surface area contributed by atoms with E-state index in [9.17, 15) is 4.39 Å². The van der Waals surface area contributed by atoms with Gasteiger partial charge in [-0.25, -0.2) is 14.4 Å². The summed E-state index contributed by atoms with van der Waals surface area (Å²) in [6, 6.07) is 2.25. The molecule has 0 saturated heterocycles. The highest BCUT2D eigenvalue weighted by atomic mass is 32.1. The Balaban J connectivity index is 1.66. The maximum atomic E-state index is 14.1. The van der Waals surface area contributed by atoms with Crippen molar-refractivity contribution in [2.24, 2.45) is 0 Å². The van der Waals surface area contributed by atoms with Crippen molar-refractivity contribution >= 4 is 17.3 Å². The Kier molecular flexibility index (Phi) is 4.25. The van der Waals surface area contributed by atoms with Gasteiger partial charge in [0.25, 0.3) is 0 Å². The van der Waals surface area contributed by atoms with Crippen LogP contribution in [0, 0.1) is 5.82 Å². The highest BCUT2D eigenvalue weighted by Crippen LogP contribution is 2.33. The van der Waals surface area contributed by atoms with Crippen LogP contribution in [0.3, 0.4) is 0 Å². The van der Waals surface area contributed by atoms with Gasteiger partial charge in [-0.15, -0.1) is 0 Å². The average molecular weight is 357 g/mol. The summed E-state index contributed by atoms with van der Waals surface area (Å²) >= 11 is 1.52. The van der Waals surface area contributed by atoms with E-state index >= 15 is 0 Å². The molecule has 1 atom stereocenters. The molecule has 0 fully saturated rings. The molecule has 0 aromatic carbocycles. The maximum Gasteiger partial charge on any atom is 0.223 e. The summed E-state index contributed by atoms with van der Waals surface area (Å²) in [7, 11) is 0. The second-order valence-electron chi connectivity index (χ2n) is 6.58. The van der Waals surface area contributed by atoms with Gasteiger partial charge in [-0.1, -0.05) is 0 Å². The van der Waals surface area contributed by atoms with Gasteiger partial charge in [0, 0.05) is 17.0 Å². The summed E-state index contributed by atoms with van der Waals surface area (Å²) < 4.78 is 16.2. The van der Waals surface area contributed by atoms with Gasteiger partial charge >= 0.3 is 0 Å².